The highest BCUT2D eigenvalue weighted by Crippen LogP contribution is 2.18. The highest BCUT2D eigenvalue weighted by atomic mass is 35.5. The number of hydrogen-bond donors (Lipinski definition) is 2. The predicted octanol–water partition coefficient (Wildman–Crippen LogP) is 2.21. The van der Waals surface area contributed by atoms with E-state index >= 15 is 0 Å². The Labute approximate surface area is 163 Å². The molecule has 1 atom stereocenters. The summed E-state index contributed by atoms with van der Waals surface area (Å²) < 4.78 is 11.0. The third kappa shape index (κ3) is 5.46. The summed E-state index contributed by atoms with van der Waals surface area (Å²) in [7, 11) is 1.72. The van der Waals surface area contributed by atoms with Crippen LogP contribution in [0, 0.1) is 5.41 Å². The lowest BCUT2D eigenvalue weighted by Gasteiger charge is -2.29. The lowest BCUT2D eigenvalue weighted by atomic mass is 10.1. The largest absolute Gasteiger partial charge is 0.388 e. The van der Waals surface area contributed by atoms with Gasteiger partial charge in [-0.3, -0.25) is 9.88 Å². The van der Waals surface area contributed by atoms with Crippen molar-refractivity contribution < 1.29 is 9.47 Å². The SMILES string of the molecule is COC(CN/C=C(\C=N)c1cnc2ccc(Cl)nc2c1)CN1CCOCC1. The van der Waals surface area contributed by atoms with E-state index in [0.29, 0.717) is 22.8 Å². The van der Waals surface area contributed by atoms with E-state index in [4.69, 9.17) is 26.5 Å². The first kappa shape index (κ1) is 19.7. The van der Waals surface area contributed by atoms with E-state index in [1.54, 1.807) is 19.4 Å². The van der Waals surface area contributed by atoms with Crippen molar-refractivity contribution in [3.05, 3.63) is 41.3 Å². The van der Waals surface area contributed by atoms with Crippen molar-refractivity contribution in [3.8, 4) is 0 Å². The molecule has 7 nitrogen and oxygen atoms in total. The van der Waals surface area contributed by atoms with Gasteiger partial charge in [0.05, 0.1) is 30.4 Å². The van der Waals surface area contributed by atoms with E-state index in [0.717, 1.165) is 43.9 Å². The molecule has 1 aliphatic heterocycles. The fourth-order valence-electron chi connectivity index (χ4n) is 2.94. The van der Waals surface area contributed by atoms with Gasteiger partial charge in [0, 0.05) is 63.0 Å². The Morgan fingerprint density at radius 2 is 2.22 bits per heavy atom. The molecule has 1 fully saturated rings. The molecule has 2 aromatic heterocycles. The first-order valence-corrected chi connectivity index (χ1v) is 9.27. The van der Waals surface area contributed by atoms with Crippen LogP contribution in [-0.2, 0) is 9.47 Å². The third-order valence-electron chi connectivity index (χ3n) is 4.49. The Morgan fingerprint density at radius 1 is 1.41 bits per heavy atom. The lowest BCUT2D eigenvalue weighted by Crippen LogP contribution is -2.44. The number of hydrogen-bond acceptors (Lipinski definition) is 7. The zero-order chi connectivity index (χ0) is 19.1. The summed E-state index contributed by atoms with van der Waals surface area (Å²) in [5.74, 6) is 0. The number of halogens is 1. The third-order valence-corrected chi connectivity index (χ3v) is 4.70. The first-order valence-electron chi connectivity index (χ1n) is 8.89. The van der Waals surface area contributed by atoms with Crippen LogP contribution in [0.2, 0.25) is 5.15 Å². The summed E-state index contributed by atoms with van der Waals surface area (Å²) in [4.78, 5) is 11.0. The Balaban J connectivity index is 1.64. The number of pyridine rings is 2. The smallest absolute Gasteiger partial charge is 0.129 e. The normalized spacial score (nSPS) is 17.0. The molecule has 0 amide bonds. The van der Waals surface area contributed by atoms with Crippen LogP contribution in [0.15, 0.2) is 30.6 Å². The summed E-state index contributed by atoms with van der Waals surface area (Å²) >= 11 is 5.96. The van der Waals surface area contributed by atoms with E-state index in [2.05, 4.69) is 20.2 Å². The van der Waals surface area contributed by atoms with Crippen LogP contribution < -0.4 is 5.32 Å². The highest BCUT2D eigenvalue weighted by molar-refractivity contribution is 6.29. The standard InChI is InChI=1S/C19H24ClN5O2/c1-26-16(13-25-4-6-27-7-5-25)12-22-10-15(9-21)14-8-18-17(23-11-14)2-3-19(20)24-18/h2-3,8-11,16,21-22H,4-7,12-13H2,1H3/b15-10+,21-9?. The average molecular weight is 390 g/mol. The second kappa shape index (κ2) is 9.75. The van der Waals surface area contributed by atoms with Crippen molar-refractivity contribution in [1.82, 2.24) is 20.2 Å². The second-order valence-corrected chi connectivity index (χ2v) is 6.71. The van der Waals surface area contributed by atoms with Crippen molar-refractivity contribution in [2.45, 2.75) is 6.10 Å². The summed E-state index contributed by atoms with van der Waals surface area (Å²) in [5.41, 5.74) is 2.99. The number of methoxy groups -OCH3 is 1. The number of nitrogens with one attached hydrogen (secondary N) is 2. The molecule has 1 aliphatic rings. The monoisotopic (exact) mass is 389 g/mol. The van der Waals surface area contributed by atoms with Crippen LogP contribution in [0.3, 0.4) is 0 Å². The number of nitrogens with zero attached hydrogens (tertiary/aromatic N) is 3. The average Bonchev–Trinajstić information content (AvgIpc) is 2.70. The van der Waals surface area contributed by atoms with Crippen LogP contribution in [-0.4, -0.2) is 73.7 Å². The minimum atomic E-state index is 0.0570. The number of allylic oxidation sites excluding steroid dienone is 1. The number of rotatable bonds is 8. The number of morpholine rings is 1. The molecule has 27 heavy (non-hydrogen) atoms. The minimum Gasteiger partial charge on any atom is -0.388 e. The zero-order valence-corrected chi connectivity index (χ0v) is 16.1. The van der Waals surface area contributed by atoms with Gasteiger partial charge in [0.15, 0.2) is 0 Å². The Morgan fingerprint density at radius 3 is 2.96 bits per heavy atom. The van der Waals surface area contributed by atoms with Gasteiger partial charge in [-0.15, -0.1) is 0 Å². The summed E-state index contributed by atoms with van der Waals surface area (Å²) in [6.45, 7) is 4.90. The van der Waals surface area contributed by atoms with Gasteiger partial charge in [0.1, 0.15) is 5.15 Å². The van der Waals surface area contributed by atoms with E-state index in [-0.39, 0.29) is 6.10 Å². The Bertz CT molecular complexity index is 808. The van der Waals surface area contributed by atoms with Crippen LogP contribution >= 0.6 is 11.6 Å². The molecule has 0 saturated carbocycles. The van der Waals surface area contributed by atoms with Gasteiger partial charge in [0.2, 0.25) is 0 Å². The Hall–Kier alpha value is -2.06. The van der Waals surface area contributed by atoms with Crippen molar-refractivity contribution >= 4 is 34.4 Å². The molecule has 1 unspecified atom stereocenters. The molecule has 0 bridgehead atoms. The number of ether oxygens (including phenoxy) is 2. The quantitative estimate of drug-likeness (QED) is 0.532. The summed E-state index contributed by atoms with van der Waals surface area (Å²) in [6.07, 6.45) is 4.90. The summed E-state index contributed by atoms with van der Waals surface area (Å²) in [5, 5.41) is 11.4. The fraction of sp³-hybridized carbons (Fsp3) is 0.421. The number of aromatic nitrogens is 2. The molecule has 0 spiro atoms. The van der Waals surface area contributed by atoms with E-state index < -0.39 is 0 Å². The van der Waals surface area contributed by atoms with E-state index in [9.17, 15) is 0 Å². The first-order chi connectivity index (χ1) is 13.2. The van der Waals surface area contributed by atoms with Crippen molar-refractivity contribution in [2.24, 2.45) is 0 Å². The van der Waals surface area contributed by atoms with Gasteiger partial charge in [0.25, 0.3) is 0 Å². The maximum atomic E-state index is 7.72. The molecule has 2 N–H and O–H groups in total. The second-order valence-electron chi connectivity index (χ2n) is 6.32. The van der Waals surface area contributed by atoms with Gasteiger partial charge in [-0.25, -0.2) is 4.98 Å². The minimum absolute atomic E-state index is 0.0570. The summed E-state index contributed by atoms with van der Waals surface area (Å²) in [6, 6.07) is 5.43. The maximum Gasteiger partial charge on any atom is 0.129 e. The molecule has 144 valence electrons. The number of fused-ring (bicyclic) bond motifs is 1. The van der Waals surface area contributed by atoms with Gasteiger partial charge >= 0.3 is 0 Å². The van der Waals surface area contributed by atoms with Crippen molar-refractivity contribution in [1.29, 1.82) is 5.41 Å². The van der Waals surface area contributed by atoms with E-state index in [1.165, 1.54) is 6.21 Å². The van der Waals surface area contributed by atoms with Gasteiger partial charge in [-0.1, -0.05) is 11.6 Å². The molecule has 8 heteroatoms. The predicted molar refractivity (Wildman–Crippen MR) is 107 cm³/mol. The van der Waals surface area contributed by atoms with Gasteiger partial charge in [-0.05, 0) is 18.2 Å². The molecule has 0 aliphatic carbocycles. The molecular formula is C19H24ClN5O2. The zero-order valence-electron chi connectivity index (χ0n) is 15.3. The van der Waals surface area contributed by atoms with E-state index in [1.807, 2.05) is 18.3 Å². The van der Waals surface area contributed by atoms with Gasteiger partial charge in [-0.2, -0.15) is 0 Å². The molecule has 0 aromatic carbocycles. The molecule has 3 rings (SSSR count). The van der Waals surface area contributed by atoms with Crippen LogP contribution in [0.25, 0.3) is 16.6 Å². The van der Waals surface area contributed by atoms with Crippen LogP contribution in [0.5, 0.6) is 0 Å². The molecule has 1 saturated heterocycles. The topological polar surface area (TPSA) is 83.4 Å². The fourth-order valence-corrected chi connectivity index (χ4v) is 3.10. The molecule has 0 radical (unpaired) electrons. The highest BCUT2D eigenvalue weighted by Gasteiger charge is 2.16. The van der Waals surface area contributed by atoms with Crippen LogP contribution in [0.4, 0.5) is 0 Å². The Kier molecular flexibility index (Phi) is 7.11. The molecule has 2 aromatic rings. The van der Waals surface area contributed by atoms with Crippen LogP contribution in [0.1, 0.15) is 5.56 Å². The molecule has 3 heterocycles. The van der Waals surface area contributed by atoms with Gasteiger partial charge < -0.3 is 20.2 Å². The van der Waals surface area contributed by atoms with Crippen molar-refractivity contribution in [3.63, 3.8) is 0 Å². The maximum absolute atomic E-state index is 7.72. The molecular weight excluding hydrogens is 366 g/mol. The lowest BCUT2D eigenvalue weighted by molar-refractivity contribution is 0.00400. The van der Waals surface area contributed by atoms with Crippen molar-refractivity contribution in [2.75, 3.05) is 46.5 Å².